The summed E-state index contributed by atoms with van der Waals surface area (Å²) in [4.78, 5) is 11.9. The molecular formula is C15H16N4O3. The van der Waals surface area contributed by atoms with Crippen molar-refractivity contribution >= 4 is 22.7 Å². The number of benzene rings is 2. The van der Waals surface area contributed by atoms with Gasteiger partial charge in [-0.25, -0.2) is 0 Å². The van der Waals surface area contributed by atoms with E-state index in [1.54, 1.807) is 29.2 Å². The first-order valence-corrected chi connectivity index (χ1v) is 6.76. The van der Waals surface area contributed by atoms with Crippen LogP contribution in [0, 0.1) is 10.1 Å². The number of aliphatic hydroxyl groups excluding tert-OH is 1. The molecule has 0 aromatic heterocycles. The quantitative estimate of drug-likeness (QED) is 0.380. The maximum Gasteiger partial charge on any atom is 0.269 e. The normalized spacial score (nSPS) is 10.8. The molecule has 0 spiro atoms. The van der Waals surface area contributed by atoms with Crippen LogP contribution in [-0.2, 0) is 0 Å². The topological polar surface area (TPSA) is 91.3 Å². The highest BCUT2D eigenvalue weighted by molar-refractivity contribution is 5.52. The van der Waals surface area contributed by atoms with Gasteiger partial charge in [-0.15, -0.1) is 0 Å². The lowest BCUT2D eigenvalue weighted by Gasteiger charge is -2.19. The van der Waals surface area contributed by atoms with E-state index in [1.807, 2.05) is 19.1 Å². The van der Waals surface area contributed by atoms with Crippen LogP contribution in [-0.4, -0.2) is 23.3 Å². The van der Waals surface area contributed by atoms with Crippen LogP contribution in [0.25, 0.3) is 0 Å². The van der Waals surface area contributed by atoms with Gasteiger partial charge in [0.2, 0.25) is 0 Å². The number of anilines is 1. The van der Waals surface area contributed by atoms with E-state index in [9.17, 15) is 15.2 Å². The van der Waals surface area contributed by atoms with Crippen molar-refractivity contribution in [1.29, 1.82) is 0 Å². The van der Waals surface area contributed by atoms with E-state index < -0.39 is 4.92 Å². The monoisotopic (exact) mass is 300 g/mol. The summed E-state index contributed by atoms with van der Waals surface area (Å²) in [5, 5.41) is 27.9. The first-order valence-electron chi connectivity index (χ1n) is 6.76. The molecule has 0 aliphatic heterocycles. The molecule has 7 nitrogen and oxygen atoms in total. The summed E-state index contributed by atoms with van der Waals surface area (Å²) in [7, 11) is 0. The second kappa shape index (κ2) is 7.28. The van der Waals surface area contributed by atoms with Crippen molar-refractivity contribution in [2.24, 2.45) is 10.2 Å². The molecule has 2 rings (SSSR count). The number of nitro benzene ring substituents is 1. The molecule has 2 aromatic rings. The summed E-state index contributed by atoms with van der Waals surface area (Å²) in [6, 6.07) is 13.1. The van der Waals surface area contributed by atoms with E-state index in [-0.39, 0.29) is 12.4 Å². The highest BCUT2D eigenvalue weighted by Gasteiger charge is 2.04. The zero-order valence-electron chi connectivity index (χ0n) is 12.1. The Kier molecular flexibility index (Phi) is 5.16. The Morgan fingerprint density at radius 1 is 1.05 bits per heavy atom. The number of nitro groups is 1. The number of non-ortho nitro benzene ring substituents is 1. The maximum absolute atomic E-state index is 10.6. The van der Waals surface area contributed by atoms with E-state index in [0.29, 0.717) is 17.9 Å². The Balaban J connectivity index is 2.08. The molecular weight excluding hydrogens is 284 g/mol. The predicted octanol–water partition coefficient (Wildman–Crippen LogP) is 3.79. The molecule has 0 amide bonds. The third kappa shape index (κ3) is 3.86. The van der Waals surface area contributed by atoms with Crippen molar-refractivity contribution < 1.29 is 10.0 Å². The van der Waals surface area contributed by atoms with Gasteiger partial charge in [-0.05, 0) is 43.3 Å². The maximum atomic E-state index is 10.6. The SMILES string of the molecule is CCN(CO)c1ccc(N=Nc2ccc([N+](=O)[O-])cc2)cc1. The van der Waals surface area contributed by atoms with Crippen LogP contribution in [0.1, 0.15) is 6.92 Å². The van der Waals surface area contributed by atoms with Crippen LogP contribution in [0.5, 0.6) is 0 Å². The van der Waals surface area contributed by atoms with Gasteiger partial charge < -0.3 is 10.0 Å². The van der Waals surface area contributed by atoms with Crippen molar-refractivity contribution in [2.45, 2.75) is 6.92 Å². The van der Waals surface area contributed by atoms with Gasteiger partial charge >= 0.3 is 0 Å². The van der Waals surface area contributed by atoms with Crippen molar-refractivity contribution in [3.63, 3.8) is 0 Å². The second-order valence-corrected chi connectivity index (χ2v) is 4.49. The molecule has 0 saturated carbocycles. The van der Waals surface area contributed by atoms with Crippen LogP contribution in [0.2, 0.25) is 0 Å². The summed E-state index contributed by atoms with van der Waals surface area (Å²) >= 11 is 0. The van der Waals surface area contributed by atoms with Crippen LogP contribution in [0.15, 0.2) is 58.8 Å². The van der Waals surface area contributed by atoms with E-state index in [1.165, 1.54) is 12.1 Å². The van der Waals surface area contributed by atoms with Crippen molar-refractivity contribution in [1.82, 2.24) is 0 Å². The highest BCUT2D eigenvalue weighted by Crippen LogP contribution is 2.23. The molecule has 0 fully saturated rings. The summed E-state index contributed by atoms with van der Waals surface area (Å²) in [6.07, 6.45) is 0. The summed E-state index contributed by atoms with van der Waals surface area (Å²) < 4.78 is 0. The zero-order valence-corrected chi connectivity index (χ0v) is 12.1. The van der Waals surface area contributed by atoms with Crippen LogP contribution in [0.4, 0.5) is 22.7 Å². The van der Waals surface area contributed by atoms with Gasteiger partial charge in [-0.2, -0.15) is 10.2 Å². The molecule has 0 bridgehead atoms. The lowest BCUT2D eigenvalue weighted by atomic mass is 10.2. The minimum absolute atomic E-state index is 0.0203. The van der Waals surface area contributed by atoms with Crippen LogP contribution >= 0.6 is 0 Å². The zero-order chi connectivity index (χ0) is 15.9. The van der Waals surface area contributed by atoms with E-state index in [4.69, 9.17) is 0 Å². The minimum Gasteiger partial charge on any atom is -0.376 e. The summed E-state index contributed by atoms with van der Waals surface area (Å²) in [5.74, 6) is 0. The number of hydrogen-bond acceptors (Lipinski definition) is 6. The molecule has 0 radical (unpaired) electrons. The standard InChI is InChI=1S/C15H16N4O3/c1-2-18(11-20)14-7-3-12(4-8-14)16-17-13-5-9-15(10-6-13)19(21)22/h3-10,20H,2,11H2,1H3. The van der Waals surface area contributed by atoms with Gasteiger partial charge in [0, 0.05) is 24.4 Å². The smallest absolute Gasteiger partial charge is 0.269 e. The Labute approximate surface area is 127 Å². The Morgan fingerprint density at radius 3 is 1.95 bits per heavy atom. The Morgan fingerprint density at radius 2 is 1.55 bits per heavy atom. The van der Waals surface area contributed by atoms with Crippen molar-refractivity contribution in [2.75, 3.05) is 18.2 Å². The number of rotatable bonds is 6. The lowest BCUT2D eigenvalue weighted by molar-refractivity contribution is -0.384. The number of aliphatic hydroxyl groups is 1. The predicted molar refractivity (Wildman–Crippen MR) is 83.8 cm³/mol. The first kappa shape index (κ1) is 15.6. The fraction of sp³-hybridized carbons (Fsp3) is 0.200. The van der Waals surface area contributed by atoms with Gasteiger partial charge in [0.25, 0.3) is 5.69 Å². The Bertz CT molecular complexity index is 649. The fourth-order valence-electron chi connectivity index (χ4n) is 1.85. The molecule has 114 valence electrons. The molecule has 0 atom stereocenters. The average Bonchev–Trinajstić information content (AvgIpc) is 2.55. The van der Waals surface area contributed by atoms with Gasteiger partial charge in [-0.1, -0.05) is 0 Å². The summed E-state index contributed by atoms with van der Waals surface area (Å²) in [5.41, 5.74) is 2.13. The van der Waals surface area contributed by atoms with Crippen LogP contribution in [0.3, 0.4) is 0 Å². The third-order valence-corrected chi connectivity index (χ3v) is 3.11. The van der Waals surface area contributed by atoms with E-state index in [2.05, 4.69) is 10.2 Å². The second-order valence-electron chi connectivity index (χ2n) is 4.49. The third-order valence-electron chi connectivity index (χ3n) is 3.11. The Hall–Kier alpha value is -2.80. The molecule has 2 aromatic carbocycles. The molecule has 0 saturated heterocycles. The summed E-state index contributed by atoms with van der Waals surface area (Å²) in [6.45, 7) is 2.62. The number of nitrogens with zero attached hydrogens (tertiary/aromatic N) is 4. The van der Waals surface area contributed by atoms with E-state index in [0.717, 1.165) is 5.69 Å². The van der Waals surface area contributed by atoms with Gasteiger partial charge in [0.15, 0.2) is 0 Å². The number of azo groups is 1. The largest absolute Gasteiger partial charge is 0.376 e. The molecule has 22 heavy (non-hydrogen) atoms. The molecule has 0 unspecified atom stereocenters. The highest BCUT2D eigenvalue weighted by atomic mass is 16.6. The molecule has 7 heteroatoms. The van der Waals surface area contributed by atoms with Crippen LogP contribution < -0.4 is 4.90 Å². The first-order chi connectivity index (χ1) is 10.6. The van der Waals surface area contributed by atoms with Crippen molar-refractivity contribution in [3.05, 3.63) is 58.6 Å². The lowest BCUT2D eigenvalue weighted by Crippen LogP contribution is -2.23. The number of hydrogen-bond donors (Lipinski definition) is 1. The van der Waals surface area contributed by atoms with Gasteiger partial charge in [-0.3, -0.25) is 10.1 Å². The van der Waals surface area contributed by atoms with Crippen molar-refractivity contribution in [3.8, 4) is 0 Å². The minimum atomic E-state index is -0.458. The molecule has 1 N–H and O–H groups in total. The van der Waals surface area contributed by atoms with Gasteiger partial charge in [0.1, 0.15) is 6.73 Å². The average molecular weight is 300 g/mol. The van der Waals surface area contributed by atoms with E-state index >= 15 is 0 Å². The van der Waals surface area contributed by atoms with Gasteiger partial charge in [0.05, 0.1) is 16.3 Å². The molecule has 0 aliphatic rings. The molecule has 0 heterocycles. The molecule has 0 aliphatic carbocycles. The fourth-order valence-corrected chi connectivity index (χ4v) is 1.85.